The number of hydrogen-bond acceptors (Lipinski definition) is 4. The van der Waals surface area contributed by atoms with Crippen molar-refractivity contribution in [2.75, 3.05) is 17.3 Å². The molecule has 8 heteroatoms. The van der Waals surface area contributed by atoms with Gasteiger partial charge in [-0.05, 0) is 55.2 Å². The van der Waals surface area contributed by atoms with Crippen LogP contribution in [0.25, 0.3) is 0 Å². The maximum atomic E-state index is 13.7. The predicted octanol–water partition coefficient (Wildman–Crippen LogP) is 3.17. The van der Waals surface area contributed by atoms with Gasteiger partial charge in [0.2, 0.25) is 15.9 Å². The fourth-order valence-corrected chi connectivity index (χ4v) is 3.96. The molecule has 2 aromatic carbocycles. The van der Waals surface area contributed by atoms with Crippen LogP contribution in [-0.4, -0.2) is 32.4 Å². The molecular formula is C18H21FN2O3S2. The number of rotatable bonds is 8. The molecule has 0 unspecified atom stereocenters. The van der Waals surface area contributed by atoms with Crippen LogP contribution >= 0.6 is 11.8 Å². The second kappa shape index (κ2) is 9.16. The van der Waals surface area contributed by atoms with Crippen LogP contribution in [0.15, 0.2) is 53.4 Å². The predicted molar refractivity (Wildman–Crippen MR) is 103 cm³/mol. The van der Waals surface area contributed by atoms with E-state index in [9.17, 15) is 17.6 Å². The van der Waals surface area contributed by atoms with E-state index in [1.54, 1.807) is 37.3 Å². The van der Waals surface area contributed by atoms with Crippen molar-refractivity contribution in [3.8, 4) is 0 Å². The van der Waals surface area contributed by atoms with Crippen LogP contribution in [-0.2, 0) is 14.8 Å². The third kappa shape index (κ3) is 5.55. The van der Waals surface area contributed by atoms with Crippen molar-refractivity contribution in [2.24, 2.45) is 0 Å². The number of benzene rings is 2. The highest BCUT2D eigenvalue weighted by Crippen LogP contribution is 2.16. The molecule has 0 aromatic heterocycles. The summed E-state index contributed by atoms with van der Waals surface area (Å²) in [6, 6.07) is 11.2. The molecule has 0 spiro atoms. The first-order valence-electron chi connectivity index (χ1n) is 7.97. The van der Waals surface area contributed by atoms with Gasteiger partial charge in [-0.1, -0.05) is 24.3 Å². The molecule has 2 aromatic rings. The van der Waals surface area contributed by atoms with Crippen molar-refractivity contribution in [3.63, 3.8) is 0 Å². The number of anilines is 1. The van der Waals surface area contributed by atoms with Gasteiger partial charge in [0.15, 0.2) is 0 Å². The number of thioether (sulfide) groups is 1. The molecule has 26 heavy (non-hydrogen) atoms. The Morgan fingerprint density at radius 2 is 1.88 bits per heavy atom. The van der Waals surface area contributed by atoms with Gasteiger partial charge < -0.3 is 5.32 Å². The monoisotopic (exact) mass is 396 g/mol. The minimum atomic E-state index is -3.84. The van der Waals surface area contributed by atoms with Crippen molar-refractivity contribution in [3.05, 3.63) is 59.9 Å². The van der Waals surface area contributed by atoms with Crippen molar-refractivity contribution >= 4 is 33.4 Å². The van der Waals surface area contributed by atoms with Crippen LogP contribution in [0.2, 0.25) is 0 Å². The summed E-state index contributed by atoms with van der Waals surface area (Å²) in [5.74, 6) is -0.368. The lowest BCUT2D eigenvalue weighted by molar-refractivity contribution is -0.117. The SMILES string of the molecule is CSCC[C@@H](NS(=O)(=O)c1ccccc1)C(=O)Nc1ccc(C)c(F)c1. The van der Waals surface area contributed by atoms with Gasteiger partial charge in [-0.15, -0.1) is 0 Å². The van der Waals surface area contributed by atoms with E-state index in [-0.39, 0.29) is 10.6 Å². The highest BCUT2D eigenvalue weighted by atomic mass is 32.2. The molecule has 2 N–H and O–H groups in total. The molecular weight excluding hydrogens is 375 g/mol. The molecule has 0 aliphatic heterocycles. The minimum Gasteiger partial charge on any atom is -0.325 e. The van der Waals surface area contributed by atoms with Crippen LogP contribution in [0, 0.1) is 12.7 Å². The highest BCUT2D eigenvalue weighted by Gasteiger charge is 2.25. The van der Waals surface area contributed by atoms with Crippen LogP contribution in [0.1, 0.15) is 12.0 Å². The number of halogens is 1. The maximum Gasteiger partial charge on any atom is 0.242 e. The summed E-state index contributed by atoms with van der Waals surface area (Å²) in [5, 5.41) is 2.58. The Labute approximate surface area is 157 Å². The van der Waals surface area contributed by atoms with Gasteiger partial charge in [-0.3, -0.25) is 4.79 Å². The first kappa shape index (κ1) is 20.4. The van der Waals surface area contributed by atoms with Gasteiger partial charge in [0, 0.05) is 5.69 Å². The van der Waals surface area contributed by atoms with Crippen molar-refractivity contribution in [1.29, 1.82) is 0 Å². The Morgan fingerprint density at radius 1 is 1.19 bits per heavy atom. The average molecular weight is 397 g/mol. The van der Waals surface area contributed by atoms with Crippen LogP contribution in [0.4, 0.5) is 10.1 Å². The Morgan fingerprint density at radius 3 is 2.50 bits per heavy atom. The molecule has 5 nitrogen and oxygen atoms in total. The van der Waals surface area contributed by atoms with Gasteiger partial charge in [0.25, 0.3) is 0 Å². The number of amides is 1. The lowest BCUT2D eigenvalue weighted by atomic mass is 10.2. The third-order valence-corrected chi connectivity index (χ3v) is 5.85. The Bertz CT molecular complexity index is 858. The molecule has 0 aliphatic carbocycles. The number of aryl methyl sites for hydroxylation is 1. The molecule has 0 fully saturated rings. The number of hydrogen-bond donors (Lipinski definition) is 2. The minimum absolute atomic E-state index is 0.0864. The zero-order valence-corrected chi connectivity index (χ0v) is 16.2. The first-order valence-corrected chi connectivity index (χ1v) is 10.8. The van der Waals surface area contributed by atoms with Gasteiger partial charge in [-0.2, -0.15) is 16.5 Å². The Kier molecular flexibility index (Phi) is 7.19. The number of carbonyl (C=O) groups excluding carboxylic acids is 1. The van der Waals surface area contributed by atoms with Gasteiger partial charge >= 0.3 is 0 Å². The molecule has 1 amide bonds. The van der Waals surface area contributed by atoms with Crippen LogP contribution in [0.3, 0.4) is 0 Å². The third-order valence-electron chi connectivity index (χ3n) is 3.72. The molecule has 0 saturated carbocycles. The van der Waals surface area contributed by atoms with Gasteiger partial charge in [-0.25, -0.2) is 12.8 Å². The topological polar surface area (TPSA) is 75.3 Å². The Balaban J connectivity index is 2.17. The quantitative estimate of drug-likeness (QED) is 0.719. The summed E-state index contributed by atoms with van der Waals surface area (Å²) < 4.78 is 41.1. The fourth-order valence-electron chi connectivity index (χ4n) is 2.23. The molecule has 0 saturated heterocycles. The van der Waals surface area contributed by atoms with E-state index in [1.807, 2.05) is 6.26 Å². The smallest absolute Gasteiger partial charge is 0.242 e. The molecule has 0 bridgehead atoms. The first-order chi connectivity index (χ1) is 12.3. The number of carbonyl (C=O) groups is 1. The molecule has 1 atom stereocenters. The standard InChI is InChI=1S/C18H21FN2O3S2/c1-13-8-9-14(12-16(13)19)20-18(22)17(10-11-25-2)21-26(23,24)15-6-4-3-5-7-15/h3-9,12,17,21H,10-11H2,1-2H3,(H,20,22)/t17-/m1/s1. The van der Waals surface area contributed by atoms with E-state index < -0.39 is 27.8 Å². The highest BCUT2D eigenvalue weighted by molar-refractivity contribution is 7.98. The fraction of sp³-hybridized carbons (Fsp3) is 0.278. The van der Waals surface area contributed by atoms with Crippen molar-refractivity contribution in [1.82, 2.24) is 4.72 Å². The summed E-state index contributed by atoms with van der Waals surface area (Å²) in [6.45, 7) is 1.62. The summed E-state index contributed by atoms with van der Waals surface area (Å²) in [7, 11) is -3.84. The lowest BCUT2D eigenvalue weighted by Gasteiger charge is -2.18. The summed E-state index contributed by atoms with van der Waals surface area (Å²) in [6.07, 6.45) is 2.18. The summed E-state index contributed by atoms with van der Waals surface area (Å²) in [5.41, 5.74) is 0.748. The van der Waals surface area contributed by atoms with Gasteiger partial charge in [0.1, 0.15) is 11.9 Å². The number of sulfonamides is 1. The van der Waals surface area contributed by atoms with E-state index >= 15 is 0 Å². The zero-order chi connectivity index (χ0) is 19.2. The summed E-state index contributed by atoms with van der Waals surface area (Å²) >= 11 is 1.51. The maximum absolute atomic E-state index is 13.7. The normalized spacial score (nSPS) is 12.6. The van der Waals surface area contributed by atoms with Crippen LogP contribution < -0.4 is 10.0 Å². The van der Waals surface area contributed by atoms with E-state index in [2.05, 4.69) is 10.0 Å². The second-order valence-corrected chi connectivity index (χ2v) is 8.42. The molecule has 0 aliphatic rings. The van der Waals surface area contributed by atoms with E-state index in [4.69, 9.17) is 0 Å². The van der Waals surface area contributed by atoms with E-state index in [0.29, 0.717) is 17.7 Å². The summed E-state index contributed by atoms with van der Waals surface area (Å²) in [4.78, 5) is 12.6. The zero-order valence-electron chi connectivity index (χ0n) is 14.5. The molecule has 0 heterocycles. The van der Waals surface area contributed by atoms with E-state index in [0.717, 1.165) is 0 Å². The van der Waals surface area contributed by atoms with E-state index in [1.165, 1.54) is 30.0 Å². The Hall–Kier alpha value is -1.90. The van der Waals surface area contributed by atoms with Crippen molar-refractivity contribution in [2.45, 2.75) is 24.3 Å². The largest absolute Gasteiger partial charge is 0.325 e. The lowest BCUT2D eigenvalue weighted by Crippen LogP contribution is -2.44. The van der Waals surface area contributed by atoms with Crippen LogP contribution in [0.5, 0.6) is 0 Å². The van der Waals surface area contributed by atoms with Crippen molar-refractivity contribution < 1.29 is 17.6 Å². The molecule has 140 valence electrons. The van der Waals surface area contributed by atoms with Gasteiger partial charge in [0.05, 0.1) is 4.90 Å². The number of nitrogens with one attached hydrogen (secondary N) is 2. The molecule has 0 radical (unpaired) electrons. The second-order valence-electron chi connectivity index (χ2n) is 5.72. The average Bonchev–Trinajstić information content (AvgIpc) is 2.62. The molecule has 2 rings (SSSR count).